The fourth-order valence-electron chi connectivity index (χ4n) is 2.10. The van der Waals surface area contributed by atoms with Crippen LogP contribution in [0.2, 0.25) is 0 Å². The van der Waals surface area contributed by atoms with Crippen LogP contribution < -0.4 is 15.4 Å². The van der Waals surface area contributed by atoms with E-state index in [9.17, 15) is 14.4 Å². The van der Waals surface area contributed by atoms with Gasteiger partial charge < -0.3 is 20.1 Å². The van der Waals surface area contributed by atoms with Gasteiger partial charge in [0.2, 0.25) is 11.8 Å². The summed E-state index contributed by atoms with van der Waals surface area (Å²) in [4.78, 5) is 35.5. The topological polar surface area (TPSA) is 93.7 Å². The van der Waals surface area contributed by atoms with Gasteiger partial charge in [-0.1, -0.05) is 13.3 Å². The number of amides is 2. The Labute approximate surface area is 154 Å². The van der Waals surface area contributed by atoms with Gasteiger partial charge in [-0.15, -0.1) is 0 Å². The highest BCUT2D eigenvalue weighted by molar-refractivity contribution is 6.02. The van der Waals surface area contributed by atoms with E-state index in [1.54, 1.807) is 20.8 Å². The predicted octanol–water partition coefficient (Wildman–Crippen LogP) is 3.74. The number of ether oxygens (including phenoxy) is 2. The van der Waals surface area contributed by atoms with Crippen LogP contribution in [0.1, 0.15) is 64.7 Å². The molecule has 1 aromatic rings. The molecule has 7 heteroatoms. The van der Waals surface area contributed by atoms with Gasteiger partial charge in [-0.2, -0.15) is 0 Å². The van der Waals surface area contributed by atoms with E-state index in [2.05, 4.69) is 10.6 Å². The summed E-state index contributed by atoms with van der Waals surface area (Å²) in [5, 5.41) is 5.25. The summed E-state index contributed by atoms with van der Waals surface area (Å²) < 4.78 is 11.2. The van der Waals surface area contributed by atoms with Gasteiger partial charge in [-0.25, -0.2) is 4.79 Å². The van der Waals surface area contributed by atoms with Crippen LogP contribution >= 0.6 is 0 Å². The normalized spacial score (nSPS) is 10.8. The first kappa shape index (κ1) is 21.5. The molecule has 7 nitrogen and oxygen atoms in total. The fraction of sp³-hybridized carbons (Fsp3) is 0.526. The van der Waals surface area contributed by atoms with Crippen LogP contribution in [-0.2, 0) is 14.3 Å². The van der Waals surface area contributed by atoms with Crippen molar-refractivity contribution < 1.29 is 23.9 Å². The Kier molecular flexibility index (Phi) is 7.61. The molecule has 1 aromatic carbocycles. The molecule has 0 saturated heterocycles. The van der Waals surface area contributed by atoms with Crippen molar-refractivity contribution in [3.05, 3.63) is 17.7 Å². The van der Waals surface area contributed by atoms with Gasteiger partial charge >= 0.3 is 5.97 Å². The Bertz CT molecular complexity index is 677. The largest absolute Gasteiger partial charge is 0.493 e. The Hall–Kier alpha value is -2.57. The van der Waals surface area contributed by atoms with E-state index in [1.165, 1.54) is 26.0 Å². The van der Waals surface area contributed by atoms with Gasteiger partial charge in [0.1, 0.15) is 16.9 Å². The Morgan fingerprint density at radius 2 is 1.54 bits per heavy atom. The van der Waals surface area contributed by atoms with Gasteiger partial charge in [-0.05, 0) is 33.3 Å². The summed E-state index contributed by atoms with van der Waals surface area (Å²) in [5.74, 6) is -0.900. The van der Waals surface area contributed by atoms with Crippen LogP contribution in [0, 0.1) is 0 Å². The molecule has 144 valence electrons. The lowest BCUT2D eigenvalue weighted by Gasteiger charge is -2.22. The number of unbranched alkanes of at least 4 members (excludes halogenated alkanes) is 1. The number of benzene rings is 1. The maximum Gasteiger partial charge on any atom is 0.342 e. The fourth-order valence-corrected chi connectivity index (χ4v) is 2.10. The van der Waals surface area contributed by atoms with Crippen LogP contribution in [0.15, 0.2) is 12.1 Å². The lowest BCUT2D eigenvalue weighted by atomic mass is 10.1. The molecule has 0 fully saturated rings. The molecule has 0 radical (unpaired) electrons. The summed E-state index contributed by atoms with van der Waals surface area (Å²) in [6, 6.07) is 2.99. The van der Waals surface area contributed by atoms with Crippen molar-refractivity contribution in [1.82, 2.24) is 0 Å². The average molecular weight is 364 g/mol. The predicted molar refractivity (Wildman–Crippen MR) is 101 cm³/mol. The number of hydrogen-bond acceptors (Lipinski definition) is 5. The molecule has 0 spiro atoms. The quantitative estimate of drug-likeness (QED) is 0.568. The average Bonchev–Trinajstić information content (AvgIpc) is 2.46. The zero-order valence-corrected chi connectivity index (χ0v) is 16.3. The summed E-state index contributed by atoms with van der Waals surface area (Å²) >= 11 is 0. The molecule has 0 bridgehead atoms. The zero-order chi connectivity index (χ0) is 19.9. The number of carbonyl (C=O) groups excluding carboxylic acids is 3. The van der Waals surface area contributed by atoms with Gasteiger partial charge in [0.05, 0.1) is 18.0 Å². The number of rotatable bonds is 7. The minimum atomic E-state index is -0.678. The van der Waals surface area contributed by atoms with Gasteiger partial charge in [-0.3, -0.25) is 9.59 Å². The summed E-state index contributed by atoms with van der Waals surface area (Å²) in [6.45, 7) is 10.5. The molecule has 26 heavy (non-hydrogen) atoms. The summed E-state index contributed by atoms with van der Waals surface area (Å²) in [7, 11) is 0. The first-order chi connectivity index (χ1) is 12.0. The molecule has 0 aliphatic rings. The molecule has 0 atom stereocenters. The number of anilines is 2. The zero-order valence-electron chi connectivity index (χ0n) is 16.3. The third-order valence-electron chi connectivity index (χ3n) is 3.12. The molecule has 0 unspecified atom stereocenters. The van der Waals surface area contributed by atoms with Crippen molar-refractivity contribution in [3.63, 3.8) is 0 Å². The Morgan fingerprint density at radius 1 is 1.00 bits per heavy atom. The Balaban J connectivity index is 3.38. The second kappa shape index (κ2) is 9.22. The first-order valence-electron chi connectivity index (χ1n) is 8.63. The molecule has 2 amide bonds. The van der Waals surface area contributed by atoms with E-state index in [0.29, 0.717) is 23.7 Å². The molecule has 0 saturated carbocycles. The molecular formula is C19H28N2O5. The maximum absolute atomic E-state index is 12.6. The lowest BCUT2D eigenvalue weighted by Crippen LogP contribution is -2.24. The van der Waals surface area contributed by atoms with E-state index < -0.39 is 11.6 Å². The maximum atomic E-state index is 12.6. The van der Waals surface area contributed by atoms with E-state index in [4.69, 9.17) is 9.47 Å². The van der Waals surface area contributed by atoms with Crippen molar-refractivity contribution in [2.75, 3.05) is 17.2 Å². The van der Waals surface area contributed by atoms with Crippen LogP contribution in [-0.4, -0.2) is 30.0 Å². The molecule has 0 aliphatic heterocycles. The number of carbonyl (C=O) groups is 3. The molecule has 0 heterocycles. The number of nitrogens with one attached hydrogen (secondary N) is 2. The van der Waals surface area contributed by atoms with E-state index in [-0.39, 0.29) is 17.4 Å². The van der Waals surface area contributed by atoms with Crippen LogP contribution in [0.3, 0.4) is 0 Å². The van der Waals surface area contributed by atoms with Crippen molar-refractivity contribution in [1.29, 1.82) is 0 Å². The monoisotopic (exact) mass is 364 g/mol. The highest BCUT2D eigenvalue weighted by Gasteiger charge is 2.23. The third kappa shape index (κ3) is 7.13. The molecule has 2 N–H and O–H groups in total. The SMILES string of the molecule is CCCCOc1cc(NC(C)=O)c(NC(C)=O)cc1C(=O)OC(C)(C)C. The van der Waals surface area contributed by atoms with E-state index in [1.807, 2.05) is 6.92 Å². The number of esters is 1. The highest BCUT2D eigenvalue weighted by Crippen LogP contribution is 2.33. The second-order valence-corrected chi connectivity index (χ2v) is 6.96. The summed E-state index contributed by atoms with van der Waals surface area (Å²) in [5.41, 5.74) is 0.166. The first-order valence-corrected chi connectivity index (χ1v) is 8.63. The van der Waals surface area contributed by atoms with Crippen molar-refractivity contribution in [3.8, 4) is 5.75 Å². The van der Waals surface area contributed by atoms with Gasteiger partial charge in [0, 0.05) is 19.9 Å². The van der Waals surface area contributed by atoms with Crippen LogP contribution in [0.25, 0.3) is 0 Å². The standard InChI is InChI=1S/C19H28N2O5/c1-7-8-9-25-17-11-16(21-13(3)23)15(20-12(2)22)10-14(17)18(24)26-19(4,5)6/h10-11H,7-9H2,1-6H3,(H,20,22)(H,21,23). The molecule has 0 aromatic heterocycles. The number of hydrogen-bond donors (Lipinski definition) is 2. The third-order valence-corrected chi connectivity index (χ3v) is 3.12. The Morgan fingerprint density at radius 3 is 2.00 bits per heavy atom. The van der Waals surface area contributed by atoms with Gasteiger partial charge in [0.15, 0.2) is 0 Å². The minimum Gasteiger partial charge on any atom is -0.493 e. The van der Waals surface area contributed by atoms with Crippen molar-refractivity contribution >= 4 is 29.2 Å². The van der Waals surface area contributed by atoms with Crippen LogP contribution in [0.4, 0.5) is 11.4 Å². The second-order valence-electron chi connectivity index (χ2n) is 6.96. The van der Waals surface area contributed by atoms with Crippen molar-refractivity contribution in [2.24, 2.45) is 0 Å². The lowest BCUT2D eigenvalue weighted by molar-refractivity contribution is -0.115. The van der Waals surface area contributed by atoms with Crippen LogP contribution in [0.5, 0.6) is 5.75 Å². The van der Waals surface area contributed by atoms with E-state index >= 15 is 0 Å². The molecule has 0 aliphatic carbocycles. The summed E-state index contributed by atoms with van der Waals surface area (Å²) in [6.07, 6.45) is 1.75. The smallest absolute Gasteiger partial charge is 0.342 e. The molecule has 1 rings (SSSR count). The minimum absolute atomic E-state index is 0.189. The van der Waals surface area contributed by atoms with E-state index in [0.717, 1.165) is 12.8 Å². The highest BCUT2D eigenvalue weighted by atomic mass is 16.6. The molecular weight excluding hydrogens is 336 g/mol. The van der Waals surface area contributed by atoms with Gasteiger partial charge in [0.25, 0.3) is 0 Å². The van der Waals surface area contributed by atoms with Crippen molar-refractivity contribution in [2.45, 2.75) is 60.0 Å².